The molecule has 0 saturated carbocycles. The minimum atomic E-state index is -1.13. The normalized spacial score (nSPS) is 12.3. The number of carboxylic acid groups (broad SMARTS) is 1. The van der Waals surface area contributed by atoms with Gasteiger partial charge in [-0.1, -0.05) is 54.6 Å². The third-order valence-electron chi connectivity index (χ3n) is 6.40. The van der Waals surface area contributed by atoms with E-state index in [0.29, 0.717) is 22.7 Å². The predicted molar refractivity (Wildman–Crippen MR) is 166 cm³/mol. The molecule has 3 amide bonds. The minimum absolute atomic E-state index is 0.0404. The fourth-order valence-electron chi connectivity index (χ4n) is 4.31. The first-order chi connectivity index (χ1) is 21.5. The number of esters is 1. The van der Waals surface area contributed by atoms with Gasteiger partial charge in [-0.3, -0.25) is 29.4 Å². The van der Waals surface area contributed by atoms with E-state index in [0.717, 1.165) is 18.1 Å². The van der Waals surface area contributed by atoms with Crippen LogP contribution >= 0.6 is 0 Å². The number of amides is 3. The number of fused-ring (bicyclic) bond motifs is 1. The van der Waals surface area contributed by atoms with Gasteiger partial charge in [0.1, 0.15) is 24.0 Å². The molecule has 3 aromatic rings. The van der Waals surface area contributed by atoms with Crippen molar-refractivity contribution < 1.29 is 38.6 Å². The Bertz CT molecular complexity index is 1540. The number of benzene rings is 3. The molecule has 0 bridgehead atoms. The van der Waals surface area contributed by atoms with Crippen LogP contribution in [0.2, 0.25) is 0 Å². The van der Waals surface area contributed by atoms with E-state index in [4.69, 9.17) is 30.5 Å². The summed E-state index contributed by atoms with van der Waals surface area (Å²) >= 11 is 0. The predicted octanol–water partition coefficient (Wildman–Crippen LogP) is 2.46. The topological polar surface area (TPSA) is 201 Å². The Morgan fingerprint density at radius 1 is 1.02 bits per heavy atom. The number of nitrogens with one attached hydrogen (secondary N) is 3. The summed E-state index contributed by atoms with van der Waals surface area (Å²) in [7, 11) is 0. The van der Waals surface area contributed by atoms with Gasteiger partial charge in [-0.25, -0.2) is 0 Å². The Kier molecular flexibility index (Phi) is 12.2. The fourth-order valence-corrected chi connectivity index (χ4v) is 4.31. The first-order valence-electron chi connectivity index (χ1n) is 14.0. The minimum Gasteiger partial charge on any atom is -0.481 e. The van der Waals surface area contributed by atoms with Crippen LogP contribution in [0.3, 0.4) is 0 Å². The smallest absolute Gasteiger partial charge is 0.325 e. The van der Waals surface area contributed by atoms with E-state index < -0.39 is 29.7 Å². The number of carbonyl (C=O) groups excluding carboxylic acids is 4. The summed E-state index contributed by atoms with van der Waals surface area (Å²) in [6.45, 7) is 2.68. The molecule has 45 heavy (non-hydrogen) atoms. The highest BCUT2D eigenvalue weighted by atomic mass is 16.5. The number of hydrogen-bond acceptors (Lipinski definition) is 8. The van der Waals surface area contributed by atoms with Gasteiger partial charge >= 0.3 is 5.97 Å². The lowest BCUT2D eigenvalue weighted by molar-refractivity contribution is -0.144. The van der Waals surface area contributed by atoms with Crippen molar-refractivity contribution in [1.82, 2.24) is 5.32 Å². The van der Waals surface area contributed by atoms with Gasteiger partial charge in [-0.15, -0.1) is 0 Å². The van der Waals surface area contributed by atoms with E-state index in [2.05, 4.69) is 10.6 Å². The van der Waals surface area contributed by atoms with Crippen LogP contribution in [0.5, 0.6) is 5.75 Å². The highest BCUT2D eigenvalue weighted by Gasteiger charge is 2.29. The first-order valence-corrected chi connectivity index (χ1v) is 14.0. The van der Waals surface area contributed by atoms with Crippen LogP contribution < -0.4 is 26.0 Å². The summed E-state index contributed by atoms with van der Waals surface area (Å²) in [5.41, 5.74) is 8.64. The van der Waals surface area contributed by atoms with Crippen molar-refractivity contribution in [3.05, 3.63) is 89.5 Å². The number of rotatable bonds is 11. The molecular weight excluding hydrogens is 582 g/mol. The summed E-state index contributed by atoms with van der Waals surface area (Å²) in [4.78, 5) is 61.3. The fraction of sp³-hybridized carbons (Fsp3) is 0.250. The number of ether oxygens (including phenoxy) is 2. The Morgan fingerprint density at radius 3 is 2.31 bits per heavy atom. The second-order valence-corrected chi connectivity index (χ2v) is 9.84. The summed E-state index contributed by atoms with van der Waals surface area (Å²) < 4.78 is 10.5. The van der Waals surface area contributed by atoms with E-state index in [1.807, 2.05) is 30.3 Å². The molecular formula is C32H35N5O8. The SMILES string of the molecule is CC(=O)O.CCOC(=O)CNC(=O)C(Cc1ccccc1)C(=O)Nc1ccc2c(c1)OCC(=O)N2Cc1ccc(C(=N)N)cc1. The van der Waals surface area contributed by atoms with Crippen LogP contribution in [0, 0.1) is 11.3 Å². The molecule has 1 aliphatic heterocycles. The summed E-state index contributed by atoms with van der Waals surface area (Å²) in [6, 6.07) is 21.0. The summed E-state index contributed by atoms with van der Waals surface area (Å²) in [6.07, 6.45) is 0.119. The zero-order valence-electron chi connectivity index (χ0n) is 24.9. The van der Waals surface area contributed by atoms with E-state index in [9.17, 15) is 19.2 Å². The van der Waals surface area contributed by atoms with Gasteiger partial charge < -0.3 is 35.8 Å². The van der Waals surface area contributed by atoms with Crippen LogP contribution in [0.25, 0.3) is 0 Å². The van der Waals surface area contributed by atoms with Gasteiger partial charge in [0.25, 0.3) is 11.9 Å². The molecule has 0 saturated heterocycles. The summed E-state index contributed by atoms with van der Waals surface area (Å²) in [5, 5.41) is 20.2. The van der Waals surface area contributed by atoms with Crippen LogP contribution in [-0.4, -0.2) is 60.4 Å². The highest BCUT2D eigenvalue weighted by molar-refractivity contribution is 6.07. The Morgan fingerprint density at radius 2 is 1.69 bits per heavy atom. The quantitative estimate of drug-likeness (QED) is 0.0927. The molecule has 4 rings (SSSR count). The number of nitrogen functional groups attached to an aromatic ring is 1. The van der Waals surface area contributed by atoms with Crippen molar-refractivity contribution in [3.8, 4) is 5.75 Å². The lowest BCUT2D eigenvalue weighted by Gasteiger charge is -2.30. The molecule has 0 fully saturated rings. The molecule has 1 heterocycles. The average Bonchev–Trinajstić information content (AvgIpc) is 3.00. The van der Waals surface area contributed by atoms with Crippen molar-refractivity contribution in [2.24, 2.45) is 11.7 Å². The molecule has 3 aromatic carbocycles. The number of amidine groups is 1. The molecule has 0 aromatic heterocycles. The maximum atomic E-state index is 13.3. The van der Waals surface area contributed by atoms with E-state index in [1.165, 1.54) is 0 Å². The Labute approximate surface area is 259 Å². The van der Waals surface area contributed by atoms with Crippen molar-refractivity contribution in [3.63, 3.8) is 0 Å². The van der Waals surface area contributed by atoms with Crippen molar-refractivity contribution in [1.29, 1.82) is 5.41 Å². The molecule has 0 spiro atoms. The van der Waals surface area contributed by atoms with Gasteiger partial charge in [0, 0.05) is 24.2 Å². The molecule has 0 radical (unpaired) electrons. The van der Waals surface area contributed by atoms with Gasteiger partial charge in [0.05, 0.1) is 18.8 Å². The second kappa shape index (κ2) is 16.2. The van der Waals surface area contributed by atoms with E-state index in [1.54, 1.807) is 54.3 Å². The molecule has 1 unspecified atom stereocenters. The number of carboxylic acids is 1. The molecule has 1 aliphatic rings. The van der Waals surface area contributed by atoms with Crippen molar-refractivity contribution in [2.75, 3.05) is 30.0 Å². The monoisotopic (exact) mass is 617 g/mol. The Balaban J connectivity index is 0.00000130. The third kappa shape index (κ3) is 10.2. The number of nitrogens with two attached hydrogens (primary N) is 1. The molecule has 13 nitrogen and oxygen atoms in total. The zero-order valence-corrected chi connectivity index (χ0v) is 24.9. The lowest BCUT2D eigenvalue weighted by atomic mass is 9.97. The van der Waals surface area contributed by atoms with Crippen LogP contribution in [0.4, 0.5) is 11.4 Å². The zero-order chi connectivity index (χ0) is 32.9. The van der Waals surface area contributed by atoms with Gasteiger partial charge in [0.15, 0.2) is 6.61 Å². The van der Waals surface area contributed by atoms with Crippen LogP contribution in [0.1, 0.15) is 30.5 Å². The van der Waals surface area contributed by atoms with E-state index in [-0.39, 0.29) is 44.5 Å². The molecule has 236 valence electrons. The number of carbonyl (C=O) groups is 5. The van der Waals surface area contributed by atoms with Gasteiger partial charge in [0.2, 0.25) is 11.8 Å². The maximum Gasteiger partial charge on any atom is 0.325 e. The molecule has 1 atom stereocenters. The average molecular weight is 618 g/mol. The first kappa shape index (κ1) is 33.8. The molecule has 0 aliphatic carbocycles. The number of aliphatic carboxylic acids is 1. The maximum absolute atomic E-state index is 13.3. The summed E-state index contributed by atoms with van der Waals surface area (Å²) in [5.74, 6) is -3.60. The number of nitrogens with zero attached hydrogens (tertiary/aromatic N) is 1. The number of hydrogen-bond donors (Lipinski definition) is 5. The lowest BCUT2D eigenvalue weighted by Crippen LogP contribution is -2.41. The van der Waals surface area contributed by atoms with Crippen LogP contribution in [0.15, 0.2) is 72.8 Å². The third-order valence-corrected chi connectivity index (χ3v) is 6.40. The van der Waals surface area contributed by atoms with Gasteiger partial charge in [-0.05, 0) is 36.6 Å². The highest BCUT2D eigenvalue weighted by Crippen LogP contribution is 2.35. The second-order valence-electron chi connectivity index (χ2n) is 9.84. The molecule has 13 heteroatoms. The standard InChI is InChI=1S/C30H31N5O6.C2H4O2/c1-2-40-27(37)16-33-29(38)23(14-19-6-4-3-5-7-19)30(39)34-22-12-13-24-25(15-22)41-18-26(36)35(24)17-20-8-10-21(11-9-20)28(31)32;1-2(3)4/h3-13,15,23H,2,14,16-18H2,1H3,(H3,31,32)(H,33,38)(H,34,39);1H3,(H,3,4). The van der Waals surface area contributed by atoms with Crippen molar-refractivity contribution in [2.45, 2.75) is 26.8 Å². The van der Waals surface area contributed by atoms with E-state index >= 15 is 0 Å². The largest absolute Gasteiger partial charge is 0.481 e. The molecule has 6 N–H and O–H groups in total. The Hall–Kier alpha value is -5.72. The van der Waals surface area contributed by atoms with Crippen molar-refractivity contribution >= 4 is 46.9 Å². The van der Waals surface area contributed by atoms with Gasteiger partial charge in [-0.2, -0.15) is 0 Å². The number of anilines is 2. The van der Waals surface area contributed by atoms with Crippen LogP contribution in [-0.2, 0) is 41.7 Å².